The smallest absolute Gasteiger partial charge is 0.313 e. The Morgan fingerprint density at radius 2 is 1.89 bits per heavy atom. The number of aromatic nitrogens is 2. The Morgan fingerprint density at radius 3 is 2.53 bits per heavy atom. The Morgan fingerprint density at radius 1 is 1.26 bits per heavy atom. The summed E-state index contributed by atoms with van der Waals surface area (Å²) in [5.41, 5.74) is 0.243. The highest BCUT2D eigenvalue weighted by molar-refractivity contribution is 6.06. The second kappa shape index (κ2) is 4.57. The number of fused-ring (bicyclic) bond motifs is 1. The minimum atomic E-state index is -0.753. The molecule has 19 heavy (non-hydrogen) atoms. The van der Waals surface area contributed by atoms with E-state index in [1.165, 1.54) is 18.5 Å². The van der Waals surface area contributed by atoms with Gasteiger partial charge < -0.3 is 4.74 Å². The van der Waals surface area contributed by atoms with Crippen molar-refractivity contribution in [1.29, 1.82) is 0 Å². The number of carbonyl (C=O) groups excluding carboxylic acids is 2. The van der Waals surface area contributed by atoms with Gasteiger partial charge in [-0.05, 0) is 13.8 Å². The minimum Gasteiger partial charge on any atom is -0.424 e. The predicted octanol–water partition coefficient (Wildman–Crippen LogP) is 1.88. The molecule has 0 saturated carbocycles. The Bertz CT molecular complexity index is 574. The summed E-state index contributed by atoms with van der Waals surface area (Å²) in [5, 5.41) is 0. The largest absolute Gasteiger partial charge is 0.424 e. The lowest BCUT2D eigenvalue weighted by atomic mass is 9.79. The molecule has 1 aromatic rings. The van der Waals surface area contributed by atoms with E-state index >= 15 is 0 Å². The summed E-state index contributed by atoms with van der Waals surface area (Å²) in [5.74, 6) is -0.625. The van der Waals surface area contributed by atoms with Gasteiger partial charge in [0.25, 0.3) is 0 Å². The zero-order valence-corrected chi connectivity index (χ0v) is 11.4. The summed E-state index contributed by atoms with van der Waals surface area (Å²) in [4.78, 5) is 32.2. The number of ketones is 1. The van der Waals surface area contributed by atoms with Gasteiger partial charge in [0.2, 0.25) is 0 Å². The van der Waals surface area contributed by atoms with Gasteiger partial charge in [-0.2, -0.15) is 0 Å². The van der Waals surface area contributed by atoms with Crippen molar-refractivity contribution in [3.63, 3.8) is 0 Å². The molecule has 1 aliphatic carbocycles. The van der Waals surface area contributed by atoms with Crippen molar-refractivity contribution in [2.75, 3.05) is 0 Å². The van der Waals surface area contributed by atoms with Crippen molar-refractivity contribution in [3.8, 4) is 0 Å². The van der Waals surface area contributed by atoms with Crippen LogP contribution in [0, 0.1) is 5.92 Å². The van der Waals surface area contributed by atoms with Crippen LogP contribution in [0.2, 0.25) is 0 Å². The number of hydrogen-bond donors (Lipinski definition) is 0. The van der Waals surface area contributed by atoms with Crippen LogP contribution in [0.25, 0.3) is 5.76 Å². The van der Waals surface area contributed by atoms with Gasteiger partial charge in [-0.3, -0.25) is 14.6 Å². The molecule has 1 aliphatic rings. The maximum absolute atomic E-state index is 12.1. The lowest BCUT2D eigenvalue weighted by molar-refractivity contribution is -0.140. The van der Waals surface area contributed by atoms with E-state index < -0.39 is 11.4 Å². The summed E-state index contributed by atoms with van der Waals surface area (Å²) in [6.07, 6.45) is 4.38. The summed E-state index contributed by atoms with van der Waals surface area (Å²) in [6.45, 7) is 7.02. The van der Waals surface area contributed by atoms with Crippen LogP contribution in [0.4, 0.5) is 0 Å². The Hall–Kier alpha value is -2.04. The van der Waals surface area contributed by atoms with Crippen LogP contribution in [0.5, 0.6) is 0 Å². The highest BCUT2D eigenvalue weighted by atomic mass is 16.5. The third kappa shape index (κ3) is 2.28. The zero-order chi connectivity index (χ0) is 14.2. The first-order chi connectivity index (χ1) is 8.84. The van der Waals surface area contributed by atoms with E-state index in [2.05, 4.69) is 9.97 Å². The molecular weight excluding hydrogens is 244 g/mol. The van der Waals surface area contributed by atoms with E-state index in [1.807, 2.05) is 0 Å². The lowest BCUT2D eigenvalue weighted by Gasteiger charge is -2.27. The topological polar surface area (TPSA) is 69.2 Å². The van der Waals surface area contributed by atoms with Crippen LogP contribution in [-0.4, -0.2) is 21.7 Å². The van der Waals surface area contributed by atoms with Crippen LogP contribution in [0.3, 0.4) is 0 Å². The van der Waals surface area contributed by atoms with E-state index in [-0.39, 0.29) is 17.5 Å². The Balaban J connectivity index is 2.47. The Kier molecular flexibility index (Phi) is 3.22. The fourth-order valence-corrected chi connectivity index (χ4v) is 1.76. The van der Waals surface area contributed by atoms with Gasteiger partial charge in [-0.1, -0.05) is 13.8 Å². The number of esters is 1. The minimum absolute atomic E-state index is 0.146. The highest BCUT2D eigenvalue weighted by Gasteiger charge is 2.38. The fourth-order valence-electron chi connectivity index (χ4n) is 1.76. The molecule has 5 nitrogen and oxygen atoms in total. The molecule has 0 fully saturated rings. The molecular formula is C14H16N2O3. The molecule has 1 aromatic heterocycles. The van der Waals surface area contributed by atoms with Crippen LogP contribution in [0.1, 0.15) is 39.1 Å². The summed E-state index contributed by atoms with van der Waals surface area (Å²) in [7, 11) is 0. The van der Waals surface area contributed by atoms with E-state index in [0.29, 0.717) is 11.4 Å². The van der Waals surface area contributed by atoms with Gasteiger partial charge in [-0.15, -0.1) is 0 Å². The quantitative estimate of drug-likeness (QED) is 0.759. The van der Waals surface area contributed by atoms with Crippen LogP contribution in [-0.2, 0) is 19.7 Å². The van der Waals surface area contributed by atoms with Crippen molar-refractivity contribution < 1.29 is 14.3 Å². The number of ether oxygens (including phenoxy) is 1. The molecule has 0 N–H and O–H groups in total. The number of hydrogen-bond acceptors (Lipinski definition) is 5. The van der Waals surface area contributed by atoms with E-state index in [9.17, 15) is 9.59 Å². The molecule has 0 spiro atoms. The van der Waals surface area contributed by atoms with Crippen LogP contribution in [0.15, 0.2) is 18.5 Å². The van der Waals surface area contributed by atoms with Crippen molar-refractivity contribution in [3.05, 3.63) is 29.9 Å². The van der Waals surface area contributed by atoms with Crippen molar-refractivity contribution in [2.45, 2.75) is 33.1 Å². The Labute approximate surface area is 111 Å². The SMILES string of the molecule is CC(C)C(=O)OC1=CC(=O)C(C)(C)c2nccnc21. The first-order valence-electron chi connectivity index (χ1n) is 6.13. The highest BCUT2D eigenvalue weighted by Crippen LogP contribution is 2.34. The molecule has 100 valence electrons. The van der Waals surface area contributed by atoms with Gasteiger partial charge in [0.1, 0.15) is 5.69 Å². The zero-order valence-electron chi connectivity index (χ0n) is 11.4. The number of carbonyl (C=O) groups is 2. The van der Waals surface area contributed by atoms with Gasteiger partial charge in [0.05, 0.1) is 17.0 Å². The van der Waals surface area contributed by atoms with Crippen molar-refractivity contribution in [1.82, 2.24) is 9.97 Å². The van der Waals surface area contributed by atoms with Gasteiger partial charge in [0.15, 0.2) is 11.5 Å². The molecule has 5 heteroatoms. The van der Waals surface area contributed by atoms with Crippen molar-refractivity contribution in [2.24, 2.45) is 5.92 Å². The molecule has 0 saturated heterocycles. The van der Waals surface area contributed by atoms with Gasteiger partial charge in [0, 0.05) is 18.5 Å². The molecule has 0 atom stereocenters. The van der Waals surface area contributed by atoms with Crippen LogP contribution >= 0.6 is 0 Å². The summed E-state index contributed by atoms with van der Waals surface area (Å²) >= 11 is 0. The summed E-state index contributed by atoms with van der Waals surface area (Å²) < 4.78 is 5.24. The monoisotopic (exact) mass is 260 g/mol. The fraction of sp³-hybridized carbons (Fsp3) is 0.429. The van der Waals surface area contributed by atoms with Gasteiger partial charge in [-0.25, -0.2) is 4.98 Å². The lowest BCUT2D eigenvalue weighted by Crippen LogP contribution is -2.34. The average molecular weight is 260 g/mol. The molecule has 0 aliphatic heterocycles. The maximum Gasteiger partial charge on any atom is 0.313 e. The molecule has 0 bridgehead atoms. The second-order valence-electron chi connectivity index (χ2n) is 5.33. The van der Waals surface area contributed by atoms with E-state index in [4.69, 9.17) is 4.74 Å². The molecule has 0 amide bonds. The van der Waals surface area contributed by atoms with E-state index in [1.54, 1.807) is 27.7 Å². The first-order valence-corrected chi connectivity index (χ1v) is 6.13. The number of rotatable bonds is 2. The maximum atomic E-state index is 12.1. The number of allylic oxidation sites excluding steroid dienone is 1. The standard InChI is InChI=1S/C14H16N2O3/c1-8(2)13(18)19-9-7-10(17)14(3,4)12-11(9)15-5-6-16-12/h5-8H,1-4H3. The first kappa shape index (κ1) is 13.4. The van der Waals surface area contributed by atoms with Gasteiger partial charge >= 0.3 is 5.97 Å². The van der Waals surface area contributed by atoms with Crippen LogP contribution < -0.4 is 0 Å². The predicted molar refractivity (Wildman–Crippen MR) is 69.0 cm³/mol. The molecule has 1 heterocycles. The molecule has 0 aromatic carbocycles. The summed E-state index contributed by atoms with van der Waals surface area (Å²) in [6, 6.07) is 0. The third-order valence-corrected chi connectivity index (χ3v) is 3.08. The normalized spacial score (nSPS) is 16.9. The molecule has 0 radical (unpaired) electrons. The molecule has 0 unspecified atom stereocenters. The molecule has 2 rings (SSSR count). The second-order valence-corrected chi connectivity index (χ2v) is 5.33. The third-order valence-electron chi connectivity index (χ3n) is 3.08. The van der Waals surface area contributed by atoms with E-state index in [0.717, 1.165) is 0 Å². The average Bonchev–Trinajstić information content (AvgIpc) is 2.36. The number of nitrogens with zero attached hydrogens (tertiary/aromatic N) is 2. The van der Waals surface area contributed by atoms with Crippen molar-refractivity contribution >= 4 is 17.5 Å².